The van der Waals surface area contributed by atoms with Crippen molar-refractivity contribution in [3.63, 3.8) is 0 Å². The van der Waals surface area contributed by atoms with Gasteiger partial charge in [0.05, 0.1) is 18.2 Å². The van der Waals surface area contributed by atoms with Crippen LogP contribution in [0, 0.1) is 5.92 Å². The fraction of sp³-hybridized carbons (Fsp3) is 0.312. The lowest BCUT2D eigenvalue weighted by Crippen LogP contribution is -2.29. The van der Waals surface area contributed by atoms with Crippen LogP contribution in [0.15, 0.2) is 72.3 Å². The first-order chi connectivity index (χ1) is 18.5. The van der Waals surface area contributed by atoms with Crippen molar-refractivity contribution in [1.29, 1.82) is 0 Å². The second-order valence-corrected chi connectivity index (χ2v) is 11.3. The van der Waals surface area contributed by atoms with Crippen LogP contribution in [0.4, 0.5) is 5.69 Å². The Morgan fingerprint density at radius 3 is 2.28 bits per heavy atom. The molecule has 0 radical (unpaired) electrons. The van der Waals surface area contributed by atoms with Crippen molar-refractivity contribution in [1.82, 2.24) is 0 Å². The summed E-state index contributed by atoms with van der Waals surface area (Å²) in [5, 5.41) is 11.4. The molecule has 0 spiro atoms. The molecule has 0 bridgehead atoms. The van der Waals surface area contributed by atoms with E-state index in [0.717, 1.165) is 5.56 Å². The Bertz CT molecular complexity index is 1430. The molecule has 0 saturated carbocycles. The predicted molar refractivity (Wildman–Crippen MR) is 149 cm³/mol. The first-order valence-corrected chi connectivity index (χ1v) is 13.1. The number of Topliss-reactive ketones (excluding diaryl/α,β-unsaturated/α-hetero) is 1. The van der Waals surface area contributed by atoms with E-state index >= 15 is 0 Å². The van der Waals surface area contributed by atoms with Gasteiger partial charge in [0, 0.05) is 17.3 Å². The van der Waals surface area contributed by atoms with Crippen LogP contribution in [-0.2, 0) is 15.0 Å². The minimum atomic E-state index is -0.837. The van der Waals surface area contributed by atoms with Crippen LogP contribution in [0.5, 0.6) is 17.2 Å². The molecule has 1 N–H and O–H groups in total. The van der Waals surface area contributed by atoms with Gasteiger partial charge in [-0.25, -0.2) is 0 Å². The van der Waals surface area contributed by atoms with Gasteiger partial charge in [-0.2, -0.15) is 0 Å². The summed E-state index contributed by atoms with van der Waals surface area (Å²) in [6.07, 6.45) is 0. The number of nitrogens with zero attached hydrogens (tertiary/aromatic N) is 1. The fourth-order valence-electron chi connectivity index (χ4n) is 4.74. The minimum absolute atomic E-state index is 0.0250. The number of hydrogen-bond donors (Lipinski definition) is 1. The molecule has 2 aliphatic heterocycles. The summed E-state index contributed by atoms with van der Waals surface area (Å²) in [5.74, 6) is 0.379. The molecule has 2 heterocycles. The van der Waals surface area contributed by atoms with Crippen LogP contribution in [0.25, 0.3) is 5.76 Å². The quantitative estimate of drug-likeness (QED) is 0.228. The summed E-state index contributed by atoms with van der Waals surface area (Å²) in [6.45, 7) is 11.1. The molecule has 1 saturated heterocycles. The van der Waals surface area contributed by atoms with Gasteiger partial charge >= 0.3 is 0 Å². The average Bonchev–Trinajstić information content (AvgIpc) is 3.48. The van der Waals surface area contributed by atoms with Gasteiger partial charge in [-0.05, 0) is 58.9 Å². The number of benzene rings is 3. The standard InChI is InChI=1S/C32H33NO6/c1-19(2)17-37-24-13-8-21(9-14-24)29(34)27-28(20-6-10-22(11-7-20)32(3,4)5)33(31(36)30(27)35)23-12-15-25-26(16-23)39-18-38-25/h6-16,19,28,34H,17-18H2,1-5H3/b29-27+. The second kappa shape index (κ2) is 10.1. The summed E-state index contributed by atoms with van der Waals surface area (Å²) in [5.41, 5.74) is 2.67. The Labute approximate surface area is 228 Å². The van der Waals surface area contributed by atoms with E-state index in [1.54, 1.807) is 42.5 Å². The normalized spacial score (nSPS) is 18.2. The molecule has 0 aliphatic carbocycles. The highest BCUT2D eigenvalue weighted by Gasteiger charge is 2.47. The zero-order chi connectivity index (χ0) is 27.9. The van der Waals surface area contributed by atoms with Crippen molar-refractivity contribution in [2.45, 2.75) is 46.1 Å². The highest BCUT2D eigenvalue weighted by atomic mass is 16.7. The fourth-order valence-corrected chi connectivity index (χ4v) is 4.74. The molecule has 1 atom stereocenters. The van der Waals surface area contributed by atoms with Crippen molar-refractivity contribution in [3.05, 3.63) is 89.0 Å². The predicted octanol–water partition coefficient (Wildman–Crippen LogP) is 6.37. The third kappa shape index (κ3) is 5.09. The van der Waals surface area contributed by atoms with Gasteiger partial charge in [-0.1, -0.05) is 58.9 Å². The topological polar surface area (TPSA) is 85.3 Å². The molecule has 0 aromatic heterocycles. The molecule has 3 aromatic carbocycles. The zero-order valence-corrected chi connectivity index (χ0v) is 22.9. The van der Waals surface area contributed by atoms with Crippen LogP contribution >= 0.6 is 0 Å². The lowest BCUT2D eigenvalue weighted by atomic mass is 9.85. The summed E-state index contributed by atoms with van der Waals surface area (Å²) in [7, 11) is 0. The van der Waals surface area contributed by atoms with Crippen molar-refractivity contribution in [3.8, 4) is 17.2 Å². The van der Waals surface area contributed by atoms with Gasteiger partial charge < -0.3 is 19.3 Å². The van der Waals surface area contributed by atoms with E-state index in [9.17, 15) is 14.7 Å². The number of aliphatic hydroxyl groups excluding tert-OH is 1. The number of carbonyl (C=O) groups is 2. The van der Waals surface area contributed by atoms with Gasteiger partial charge in [0.25, 0.3) is 11.7 Å². The highest BCUT2D eigenvalue weighted by molar-refractivity contribution is 6.51. The molecular formula is C32H33NO6. The van der Waals surface area contributed by atoms with Gasteiger partial charge in [0.15, 0.2) is 11.5 Å². The molecule has 1 fully saturated rings. The van der Waals surface area contributed by atoms with Crippen molar-refractivity contribution < 1.29 is 28.9 Å². The Morgan fingerprint density at radius 1 is 0.974 bits per heavy atom. The minimum Gasteiger partial charge on any atom is -0.507 e. The van der Waals surface area contributed by atoms with E-state index in [-0.39, 0.29) is 23.5 Å². The first-order valence-electron chi connectivity index (χ1n) is 13.1. The summed E-state index contributed by atoms with van der Waals surface area (Å²) in [4.78, 5) is 28.4. The summed E-state index contributed by atoms with van der Waals surface area (Å²) in [6, 6.07) is 19.0. The Balaban J connectivity index is 1.61. The molecule has 39 heavy (non-hydrogen) atoms. The molecule has 1 unspecified atom stereocenters. The lowest BCUT2D eigenvalue weighted by Gasteiger charge is -2.26. The summed E-state index contributed by atoms with van der Waals surface area (Å²) < 4.78 is 16.7. The average molecular weight is 528 g/mol. The summed E-state index contributed by atoms with van der Waals surface area (Å²) >= 11 is 0. The molecule has 202 valence electrons. The van der Waals surface area contributed by atoms with Crippen LogP contribution in [0.1, 0.15) is 57.4 Å². The van der Waals surface area contributed by atoms with Crippen LogP contribution in [0.3, 0.4) is 0 Å². The molecule has 5 rings (SSSR count). The Kier molecular flexibility index (Phi) is 6.85. The van der Waals surface area contributed by atoms with Crippen LogP contribution in [-0.4, -0.2) is 30.2 Å². The molecule has 2 aliphatic rings. The SMILES string of the molecule is CC(C)COc1ccc(/C(O)=C2\C(=O)C(=O)N(c3ccc4c(c3)OCO4)C2c2ccc(C(C)(C)C)cc2)cc1. The number of carbonyl (C=O) groups excluding carboxylic acids is 2. The number of aliphatic hydroxyl groups is 1. The maximum absolute atomic E-state index is 13.5. The Hall–Kier alpha value is -4.26. The number of amides is 1. The van der Waals surface area contributed by atoms with E-state index in [4.69, 9.17) is 14.2 Å². The maximum Gasteiger partial charge on any atom is 0.300 e. The van der Waals surface area contributed by atoms with Crippen molar-refractivity contribution in [2.75, 3.05) is 18.3 Å². The molecule has 7 heteroatoms. The van der Waals surface area contributed by atoms with E-state index in [2.05, 4.69) is 34.6 Å². The highest BCUT2D eigenvalue weighted by Crippen LogP contribution is 2.45. The number of rotatable bonds is 6. The van der Waals surface area contributed by atoms with E-state index < -0.39 is 17.7 Å². The number of ether oxygens (including phenoxy) is 3. The van der Waals surface area contributed by atoms with Crippen molar-refractivity contribution in [2.24, 2.45) is 5.92 Å². The molecule has 3 aromatic rings. The third-order valence-electron chi connectivity index (χ3n) is 6.88. The third-order valence-corrected chi connectivity index (χ3v) is 6.88. The zero-order valence-electron chi connectivity index (χ0n) is 22.9. The number of fused-ring (bicyclic) bond motifs is 1. The second-order valence-electron chi connectivity index (χ2n) is 11.3. The maximum atomic E-state index is 13.5. The first kappa shape index (κ1) is 26.4. The number of anilines is 1. The van der Waals surface area contributed by atoms with Gasteiger partial charge in [-0.3, -0.25) is 14.5 Å². The van der Waals surface area contributed by atoms with E-state index in [1.807, 2.05) is 24.3 Å². The van der Waals surface area contributed by atoms with Gasteiger partial charge in [0.1, 0.15) is 11.5 Å². The molecule has 7 nitrogen and oxygen atoms in total. The van der Waals surface area contributed by atoms with E-state index in [0.29, 0.717) is 46.6 Å². The molecule has 1 amide bonds. The van der Waals surface area contributed by atoms with Gasteiger partial charge in [-0.15, -0.1) is 0 Å². The number of ketones is 1. The van der Waals surface area contributed by atoms with Crippen LogP contribution in [0.2, 0.25) is 0 Å². The Morgan fingerprint density at radius 2 is 1.64 bits per heavy atom. The van der Waals surface area contributed by atoms with Crippen LogP contribution < -0.4 is 19.1 Å². The van der Waals surface area contributed by atoms with Crippen molar-refractivity contribution >= 4 is 23.1 Å². The smallest absolute Gasteiger partial charge is 0.300 e. The van der Waals surface area contributed by atoms with Gasteiger partial charge in [0.2, 0.25) is 6.79 Å². The van der Waals surface area contributed by atoms with E-state index in [1.165, 1.54) is 4.90 Å². The molecular weight excluding hydrogens is 494 g/mol. The largest absolute Gasteiger partial charge is 0.507 e. The monoisotopic (exact) mass is 527 g/mol. The number of hydrogen-bond acceptors (Lipinski definition) is 6. The lowest BCUT2D eigenvalue weighted by molar-refractivity contribution is -0.132.